The molecule has 0 saturated carbocycles. The highest BCUT2D eigenvalue weighted by Gasteiger charge is 2.09. The van der Waals surface area contributed by atoms with E-state index in [9.17, 15) is 4.79 Å². The fraction of sp³-hybridized carbons (Fsp3) is 0.188. The molecule has 0 N–H and O–H groups in total. The normalized spacial score (nSPS) is 10.5. The first-order valence-corrected chi connectivity index (χ1v) is 6.77. The molecule has 0 radical (unpaired) electrons. The summed E-state index contributed by atoms with van der Waals surface area (Å²) in [5.74, 6) is 0.0210. The fourth-order valence-electron chi connectivity index (χ4n) is 1.92. The summed E-state index contributed by atoms with van der Waals surface area (Å²) >= 11 is 11.8. The summed E-state index contributed by atoms with van der Waals surface area (Å²) in [4.78, 5) is 12.2. The molecule has 0 spiro atoms. The Labute approximate surface area is 123 Å². The Balaban J connectivity index is 2.22. The van der Waals surface area contributed by atoms with E-state index in [1.54, 1.807) is 18.2 Å². The first-order chi connectivity index (χ1) is 8.95. The summed E-state index contributed by atoms with van der Waals surface area (Å²) < 4.78 is 0. The van der Waals surface area contributed by atoms with Crippen molar-refractivity contribution in [1.82, 2.24) is 0 Å². The summed E-state index contributed by atoms with van der Waals surface area (Å²) in [5.41, 5.74) is 3.97. The van der Waals surface area contributed by atoms with Crippen LogP contribution in [0.2, 0.25) is 10.0 Å². The second kappa shape index (κ2) is 5.77. The van der Waals surface area contributed by atoms with Crippen LogP contribution in [0.4, 0.5) is 0 Å². The highest BCUT2D eigenvalue weighted by molar-refractivity contribution is 6.35. The van der Waals surface area contributed by atoms with Gasteiger partial charge in [-0.1, -0.05) is 41.4 Å². The van der Waals surface area contributed by atoms with Gasteiger partial charge in [0, 0.05) is 22.0 Å². The zero-order chi connectivity index (χ0) is 14.0. The van der Waals surface area contributed by atoms with Gasteiger partial charge >= 0.3 is 0 Å². The molecule has 0 aliphatic rings. The number of halogens is 2. The summed E-state index contributed by atoms with van der Waals surface area (Å²) in [6.45, 7) is 4.09. The number of benzene rings is 2. The van der Waals surface area contributed by atoms with Gasteiger partial charge in [0.25, 0.3) is 0 Å². The molecule has 2 rings (SSSR count). The molecule has 0 unspecified atom stereocenters. The number of Topliss-reactive ketones (excluding diaryl/α,β-unsaturated/α-hetero) is 1. The van der Waals surface area contributed by atoms with Crippen molar-refractivity contribution in [1.29, 1.82) is 0 Å². The molecule has 0 amide bonds. The van der Waals surface area contributed by atoms with Crippen LogP contribution in [0.25, 0.3) is 0 Å². The average molecular weight is 293 g/mol. The van der Waals surface area contributed by atoms with Gasteiger partial charge < -0.3 is 0 Å². The van der Waals surface area contributed by atoms with Crippen molar-refractivity contribution in [3.63, 3.8) is 0 Å². The SMILES string of the molecule is Cc1ccc(CC(=O)c2cc(Cl)cc(Cl)c2)cc1C. The molecule has 2 aromatic carbocycles. The van der Waals surface area contributed by atoms with Crippen molar-refractivity contribution in [2.75, 3.05) is 0 Å². The molecule has 0 heterocycles. The Morgan fingerprint density at radius 1 is 0.947 bits per heavy atom. The maximum Gasteiger partial charge on any atom is 0.167 e. The molecule has 1 nitrogen and oxygen atoms in total. The molecule has 0 bridgehead atoms. The summed E-state index contributed by atoms with van der Waals surface area (Å²) in [5, 5.41) is 0.965. The van der Waals surface area contributed by atoms with Crippen molar-refractivity contribution in [3.8, 4) is 0 Å². The third-order valence-electron chi connectivity index (χ3n) is 3.12. The van der Waals surface area contributed by atoms with Crippen LogP contribution in [0, 0.1) is 13.8 Å². The molecule has 0 aliphatic carbocycles. The topological polar surface area (TPSA) is 17.1 Å². The van der Waals surface area contributed by atoms with Gasteiger partial charge in [-0.05, 0) is 48.7 Å². The van der Waals surface area contributed by atoms with E-state index in [1.165, 1.54) is 11.1 Å². The number of ketones is 1. The van der Waals surface area contributed by atoms with Crippen LogP contribution in [0.1, 0.15) is 27.0 Å². The Morgan fingerprint density at radius 2 is 1.58 bits per heavy atom. The lowest BCUT2D eigenvalue weighted by Crippen LogP contribution is -2.04. The Kier molecular flexibility index (Phi) is 4.28. The summed E-state index contributed by atoms with van der Waals surface area (Å²) in [6.07, 6.45) is 0.359. The third-order valence-corrected chi connectivity index (χ3v) is 3.56. The molecule has 0 fully saturated rings. The molecule has 0 aromatic heterocycles. The number of rotatable bonds is 3. The number of carbonyl (C=O) groups excluding carboxylic acids is 1. The molecular formula is C16H14Cl2O. The number of hydrogen-bond acceptors (Lipinski definition) is 1. The van der Waals surface area contributed by atoms with Crippen LogP contribution in [-0.2, 0) is 6.42 Å². The lowest BCUT2D eigenvalue weighted by Gasteiger charge is -2.06. The average Bonchev–Trinajstić information content (AvgIpc) is 2.32. The van der Waals surface area contributed by atoms with E-state index in [0.717, 1.165) is 5.56 Å². The van der Waals surface area contributed by atoms with E-state index in [1.807, 2.05) is 25.1 Å². The van der Waals surface area contributed by atoms with E-state index in [4.69, 9.17) is 23.2 Å². The Bertz CT molecular complexity index is 612. The van der Waals surface area contributed by atoms with Gasteiger partial charge in [-0.25, -0.2) is 0 Å². The maximum atomic E-state index is 12.2. The molecule has 0 aliphatic heterocycles. The van der Waals surface area contributed by atoms with Gasteiger partial charge in [0.15, 0.2) is 5.78 Å². The molecular weight excluding hydrogens is 279 g/mol. The Hall–Kier alpha value is -1.31. The predicted octanol–water partition coefficient (Wildman–Crippen LogP) is 5.04. The first-order valence-electron chi connectivity index (χ1n) is 6.01. The fourth-order valence-corrected chi connectivity index (χ4v) is 2.44. The predicted molar refractivity (Wildman–Crippen MR) is 80.4 cm³/mol. The van der Waals surface area contributed by atoms with E-state index >= 15 is 0 Å². The molecule has 0 saturated heterocycles. The molecule has 2 aromatic rings. The number of carbonyl (C=O) groups is 1. The van der Waals surface area contributed by atoms with Crippen molar-refractivity contribution in [2.24, 2.45) is 0 Å². The summed E-state index contributed by atoms with van der Waals surface area (Å²) in [6, 6.07) is 11.0. The zero-order valence-electron chi connectivity index (χ0n) is 10.8. The maximum absolute atomic E-state index is 12.2. The minimum atomic E-state index is 0.0210. The highest BCUT2D eigenvalue weighted by atomic mass is 35.5. The molecule has 19 heavy (non-hydrogen) atoms. The van der Waals surface area contributed by atoms with Crippen LogP contribution in [0.15, 0.2) is 36.4 Å². The van der Waals surface area contributed by atoms with Gasteiger partial charge in [-0.2, -0.15) is 0 Å². The van der Waals surface area contributed by atoms with Crippen LogP contribution in [-0.4, -0.2) is 5.78 Å². The number of hydrogen-bond donors (Lipinski definition) is 0. The monoisotopic (exact) mass is 292 g/mol. The second-order valence-electron chi connectivity index (χ2n) is 4.68. The van der Waals surface area contributed by atoms with Gasteiger partial charge in [0.05, 0.1) is 0 Å². The third kappa shape index (κ3) is 3.59. The highest BCUT2D eigenvalue weighted by Crippen LogP contribution is 2.20. The van der Waals surface area contributed by atoms with Crippen LogP contribution in [0.3, 0.4) is 0 Å². The molecule has 0 atom stereocenters. The minimum absolute atomic E-state index is 0.0210. The van der Waals surface area contributed by atoms with Gasteiger partial charge in [-0.3, -0.25) is 4.79 Å². The van der Waals surface area contributed by atoms with Crippen LogP contribution in [0.5, 0.6) is 0 Å². The van der Waals surface area contributed by atoms with Crippen molar-refractivity contribution < 1.29 is 4.79 Å². The second-order valence-corrected chi connectivity index (χ2v) is 5.55. The van der Waals surface area contributed by atoms with Gasteiger partial charge in [0.2, 0.25) is 0 Å². The van der Waals surface area contributed by atoms with Gasteiger partial charge in [-0.15, -0.1) is 0 Å². The van der Waals surface area contributed by atoms with E-state index in [-0.39, 0.29) is 5.78 Å². The van der Waals surface area contributed by atoms with Crippen molar-refractivity contribution in [3.05, 3.63) is 68.7 Å². The minimum Gasteiger partial charge on any atom is -0.294 e. The van der Waals surface area contributed by atoms with Crippen molar-refractivity contribution >= 4 is 29.0 Å². The van der Waals surface area contributed by atoms with Crippen LogP contribution < -0.4 is 0 Å². The summed E-state index contributed by atoms with van der Waals surface area (Å²) in [7, 11) is 0. The Morgan fingerprint density at radius 3 is 2.16 bits per heavy atom. The zero-order valence-corrected chi connectivity index (χ0v) is 12.3. The van der Waals surface area contributed by atoms with Crippen LogP contribution >= 0.6 is 23.2 Å². The van der Waals surface area contributed by atoms with Gasteiger partial charge in [0.1, 0.15) is 0 Å². The lowest BCUT2D eigenvalue weighted by molar-refractivity contribution is 0.0993. The smallest absolute Gasteiger partial charge is 0.167 e. The lowest BCUT2D eigenvalue weighted by atomic mass is 9.99. The molecule has 3 heteroatoms. The van der Waals surface area contributed by atoms with E-state index in [2.05, 4.69) is 6.92 Å². The quantitative estimate of drug-likeness (QED) is 0.725. The van der Waals surface area contributed by atoms with E-state index in [0.29, 0.717) is 22.0 Å². The standard InChI is InChI=1S/C16H14Cl2O/c1-10-3-4-12(5-11(10)2)6-16(19)13-7-14(17)9-15(18)8-13/h3-5,7-9H,6H2,1-2H3. The van der Waals surface area contributed by atoms with E-state index < -0.39 is 0 Å². The first kappa shape index (κ1) is 14.1. The largest absolute Gasteiger partial charge is 0.294 e. The molecule has 98 valence electrons. The number of aryl methyl sites for hydroxylation is 2. The van der Waals surface area contributed by atoms with Crippen molar-refractivity contribution in [2.45, 2.75) is 20.3 Å².